The monoisotopic (exact) mass is 279 g/mol. The van der Waals surface area contributed by atoms with Crippen LogP contribution in [0.1, 0.15) is 48.7 Å². The van der Waals surface area contributed by atoms with Gasteiger partial charge in [0.15, 0.2) is 0 Å². The molecule has 0 unspecified atom stereocenters. The summed E-state index contributed by atoms with van der Waals surface area (Å²) in [5.41, 5.74) is -0.436. The third kappa shape index (κ3) is 2.71. The molecule has 1 aliphatic carbocycles. The van der Waals surface area contributed by atoms with Gasteiger partial charge in [0, 0.05) is 0 Å². The van der Waals surface area contributed by atoms with Gasteiger partial charge in [-0.15, -0.1) is 0 Å². The summed E-state index contributed by atoms with van der Waals surface area (Å²) >= 11 is 0. The Kier molecular flexibility index (Phi) is 4.16. The van der Waals surface area contributed by atoms with Crippen molar-refractivity contribution in [3.05, 3.63) is 23.7 Å². The molecule has 5 nitrogen and oxygen atoms in total. The third-order valence-electron chi connectivity index (χ3n) is 4.16. The van der Waals surface area contributed by atoms with Crippen molar-refractivity contribution in [2.75, 3.05) is 7.11 Å². The predicted molar refractivity (Wildman–Crippen MR) is 73.3 cm³/mol. The molecule has 0 radical (unpaired) electrons. The van der Waals surface area contributed by atoms with Gasteiger partial charge >= 0.3 is 5.97 Å². The van der Waals surface area contributed by atoms with Crippen LogP contribution in [0.15, 0.2) is 16.7 Å². The topological polar surface area (TPSA) is 68.5 Å². The van der Waals surface area contributed by atoms with Crippen LogP contribution in [-0.2, 0) is 9.53 Å². The molecule has 0 saturated heterocycles. The highest BCUT2D eigenvalue weighted by atomic mass is 16.5. The van der Waals surface area contributed by atoms with Gasteiger partial charge in [-0.2, -0.15) is 0 Å². The summed E-state index contributed by atoms with van der Waals surface area (Å²) < 4.78 is 10.0. The summed E-state index contributed by atoms with van der Waals surface area (Å²) in [5, 5.41) is 2.87. The molecule has 2 rings (SSSR count). The van der Waals surface area contributed by atoms with E-state index in [1.165, 1.54) is 13.4 Å². The average molecular weight is 279 g/mol. The zero-order chi connectivity index (χ0) is 14.8. The predicted octanol–water partition coefficient (Wildman–Crippen LogP) is 2.44. The molecule has 1 aromatic rings. The Morgan fingerprint density at radius 1 is 1.40 bits per heavy atom. The third-order valence-corrected chi connectivity index (χ3v) is 4.16. The number of rotatable bonds is 3. The largest absolute Gasteiger partial charge is 0.469 e. The first kappa shape index (κ1) is 14.6. The maximum Gasteiger partial charge on any atom is 0.331 e. The molecule has 0 aromatic carbocycles. The highest BCUT2D eigenvalue weighted by Crippen LogP contribution is 2.33. The molecule has 1 amide bonds. The van der Waals surface area contributed by atoms with E-state index in [0.717, 1.165) is 12.8 Å². The minimum absolute atomic E-state index is 0.281. The van der Waals surface area contributed by atoms with E-state index in [0.29, 0.717) is 30.1 Å². The van der Waals surface area contributed by atoms with Gasteiger partial charge in [0.2, 0.25) is 0 Å². The van der Waals surface area contributed by atoms with Gasteiger partial charge in [0.1, 0.15) is 11.3 Å². The summed E-state index contributed by atoms with van der Waals surface area (Å²) in [6.07, 6.45) is 4.50. The first-order valence-electron chi connectivity index (χ1n) is 6.93. The van der Waals surface area contributed by atoms with Crippen LogP contribution in [-0.4, -0.2) is 24.5 Å². The van der Waals surface area contributed by atoms with Crippen LogP contribution in [0.25, 0.3) is 0 Å². The second kappa shape index (κ2) is 5.69. The maximum absolute atomic E-state index is 12.3. The Bertz CT molecular complexity index is 498. The molecular formula is C15H21NO4. The van der Waals surface area contributed by atoms with E-state index in [1.54, 1.807) is 13.0 Å². The van der Waals surface area contributed by atoms with Gasteiger partial charge in [0.25, 0.3) is 5.91 Å². The fraction of sp³-hybridized carbons (Fsp3) is 0.600. The van der Waals surface area contributed by atoms with Gasteiger partial charge in [-0.3, -0.25) is 4.79 Å². The Hall–Kier alpha value is -1.78. The number of nitrogens with one attached hydrogen (secondary N) is 1. The van der Waals surface area contributed by atoms with Crippen molar-refractivity contribution in [3.8, 4) is 0 Å². The van der Waals surface area contributed by atoms with Crippen molar-refractivity contribution in [1.82, 2.24) is 5.32 Å². The molecule has 1 heterocycles. The van der Waals surface area contributed by atoms with Crippen LogP contribution in [0.5, 0.6) is 0 Å². The summed E-state index contributed by atoms with van der Waals surface area (Å²) in [5.74, 6) is 0.474. The van der Waals surface area contributed by atoms with E-state index in [2.05, 4.69) is 12.2 Å². The van der Waals surface area contributed by atoms with E-state index in [9.17, 15) is 9.59 Å². The molecule has 0 atom stereocenters. The molecule has 0 aliphatic heterocycles. The molecule has 0 bridgehead atoms. The summed E-state index contributed by atoms with van der Waals surface area (Å²) in [4.78, 5) is 24.4. The number of hydrogen-bond donors (Lipinski definition) is 1. The smallest absolute Gasteiger partial charge is 0.331 e. The maximum atomic E-state index is 12.3. The summed E-state index contributed by atoms with van der Waals surface area (Å²) in [6.45, 7) is 3.88. The average Bonchev–Trinajstić information content (AvgIpc) is 2.87. The molecule has 5 heteroatoms. The van der Waals surface area contributed by atoms with E-state index >= 15 is 0 Å². The number of ether oxygens (including phenoxy) is 1. The van der Waals surface area contributed by atoms with E-state index in [-0.39, 0.29) is 11.9 Å². The van der Waals surface area contributed by atoms with Gasteiger partial charge < -0.3 is 14.5 Å². The molecule has 1 aromatic heterocycles. The number of amides is 1. The molecule has 1 aliphatic rings. The lowest BCUT2D eigenvalue weighted by Crippen LogP contribution is -2.56. The highest BCUT2D eigenvalue weighted by Gasteiger charge is 2.43. The molecular weight excluding hydrogens is 258 g/mol. The second-order valence-corrected chi connectivity index (χ2v) is 5.60. The van der Waals surface area contributed by atoms with Crippen LogP contribution >= 0.6 is 0 Å². The Labute approximate surface area is 118 Å². The second-order valence-electron chi connectivity index (χ2n) is 5.60. The number of esters is 1. The summed E-state index contributed by atoms with van der Waals surface area (Å²) in [7, 11) is 1.36. The minimum Gasteiger partial charge on any atom is -0.469 e. The van der Waals surface area contributed by atoms with Gasteiger partial charge in [0.05, 0.1) is 18.9 Å². The standard InChI is InChI=1S/C15H21NO4/c1-10-4-7-15(8-5-10,14(18)19-3)16-13(17)12-6-9-20-11(12)2/h6,9-10H,4-5,7-8H2,1-3H3,(H,16,17). The van der Waals surface area contributed by atoms with Gasteiger partial charge in [-0.25, -0.2) is 4.79 Å². The fourth-order valence-electron chi connectivity index (χ4n) is 2.74. The highest BCUT2D eigenvalue weighted by molar-refractivity contribution is 5.98. The van der Waals surface area contributed by atoms with Crippen LogP contribution in [0, 0.1) is 12.8 Å². The van der Waals surface area contributed by atoms with Gasteiger partial charge in [-0.1, -0.05) is 6.92 Å². The van der Waals surface area contributed by atoms with Crippen molar-refractivity contribution in [3.63, 3.8) is 0 Å². The number of furan rings is 1. The number of aryl methyl sites for hydroxylation is 1. The number of methoxy groups -OCH3 is 1. The molecule has 1 N–H and O–H groups in total. The zero-order valence-corrected chi connectivity index (χ0v) is 12.2. The molecule has 1 saturated carbocycles. The lowest BCUT2D eigenvalue weighted by Gasteiger charge is -2.37. The Balaban J connectivity index is 2.19. The van der Waals surface area contributed by atoms with Crippen LogP contribution in [0.4, 0.5) is 0 Å². The van der Waals surface area contributed by atoms with Crippen LogP contribution < -0.4 is 5.32 Å². The van der Waals surface area contributed by atoms with Crippen molar-refractivity contribution >= 4 is 11.9 Å². The van der Waals surface area contributed by atoms with Crippen molar-refractivity contribution in [1.29, 1.82) is 0 Å². The number of hydrogen-bond acceptors (Lipinski definition) is 4. The van der Waals surface area contributed by atoms with Crippen LogP contribution in [0.2, 0.25) is 0 Å². The SMILES string of the molecule is COC(=O)C1(NC(=O)c2ccoc2C)CCC(C)CC1. The van der Waals surface area contributed by atoms with E-state index < -0.39 is 5.54 Å². The zero-order valence-electron chi connectivity index (χ0n) is 12.2. The van der Waals surface area contributed by atoms with Crippen molar-refractivity contribution in [2.24, 2.45) is 5.92 Å². The number of carbonyl (C=O) groups excluding carboxylic acids is 2. The first-order valence-corrected chi connectivity index (χ1v) is 6.93. The van der Waals surface area contributed by atoms with Gasteiger partial charge in [-0.05, 0) is 44.6 Å². The van der Waals surface area contributed by atoms with E-state index in [1.807, 2.05) is 0 Å². The lowest BCUT2D eigenvalue weighted by atomic mass is 9.77. The first-order chi connectivity index (χ1) is 9.48. The van der Waals surface area contributed by atoms with Crippen molar-refractivity contribution in [2.45, 2.75) is 45.1 Å². The normalized spacial score (nSPS) is 26.1. The minimum atomic E-state index is -0.901. The molecule has 110 valence electrons. The molecule has 1 fully saturated rings. The van der Waals surface area contributed by atoms with Crippen LogP contribution in [0.3, 0.4) is 0 Å². The Morgan fingerprint density at radius 2 is 2.05 bits per heavy atom. The van der Waals surface area contributed by atoms with E-state index in [4.69, 9.17) is 9.15 Å². The molecule has 0 spiro atoms. The summed E-state index contributed by atoms with van der Waals surface area (Å²) in [6, 6.07) is 1.61. The quantitative estimate of drug-likeness (QED) is 0.863. The lowest BCUT2D eigenvalue weighted by molar-refractivity contribution is -0.150. The Morgan fingerprint density at radius 3 is 2.55 bits per heavy atom. The molecule has 20 heavy (non-hydrogen) atoms. The number of carbonyl (C=O) groups is 2. The fourth-order valence-corrected chi connectivity index (χ4v) is 2.74. The van der Waals surface area contributed by atoms with Crippen molar-refractivity contribution < 1.29 is 18.7 Å².